The molecule has 0 atom stereocenters. The first kappa shape index (κ1) is 17.4. The Morgan fingerprint density at radius 2 is 1.86 bits per heavy atom. The highest BCUT2D eigenvalue weighted by Crippen LogP contribution is 2.33. The first-order valence-corrected chi connectivity index (χ1v) is 9.72. The minimum atomic E-state index is 0.0660. The summed E-state index contributed by atoms with van der Waals surface area (Å²) in [6.07, 6.45) is 1.78. The van der Waals surface area contributed by atoms with E-state index in [0.717, 1.165) is 42.0 Å². The van der Waals surface area contributed by atoms with Crippen LogP contribution in [0, 0.1) is 0 Å². The molecule has 0 unspecified atom stereocenters. The molecule has 1 fully saturated rings. The molecule has 7 heteroatoms. The van der Waals surface area contributed by atoms with Gasteiger partial charge in [0.15, 0.2) is 11.5 Å². The number of nitrogens with one attached hydrogen (secondary N) is 1. The van der Waals surface area contributed by atoms with Crippen molar-refractivity contribution in [3.05, 3.63) is 58.7 Å². The monoisotopic (exact) mass is 397 g/mol. The summed E-state index contributed by atoms with van der Waals surface area (Å²) in [5.74, 6) is 1.68. The summed E-state index contributed by atoms with van der Waals surface area (Å²) >= 11 is 6.03. The Balaban J connectivity index is 1.23. The minimum Gasteiger partial charge on any atom is -0.454 e. The fourth-order valence-electron chi connectivity index (χ4n) is 3.85. The summed E-state index contributed by atoms with van der Waals surface area (Å²) in [5.41, 5.74) is 2.78. The molecular formula is C21H20ClN3O3. The molecule has 0 bridgehead atoms. The second-order valence-corrected chi connectivity index (χ2v) is 7.58. The molecule has 144 valence electrons. The van der Waals surface area contributed by atoms with Gasteiger partial charge in [-0.1, -0.05) is 23.7 Å². The quantitative estimate of drug-likeness (QED) is 0.734. The van der Waals surface area contributed by atoms with Crippen molar-refractivity contribution >= 4 is 28.4 Å². The summed E-state index contributed by atoms with van der Waals surface area (Å²) < 4.78 is 10.8. The van der Waals surface area contributed by atoms with Gasteiger partial charge in [-0.15, -0.1) is 0 Å². The Hall–Kier alpha value is -2.70. The third kappa shape index (κ3) is 3.19. The molecule has 28 heavy (non-hydrogen) atoms. The molecule has 1 saturated heterocycles. The number of H-pyrrole nitrogens is 1. The van der Waals surface area contributed by atoms with Crippen LogP contribution in [0.15, 0.2) is 42.6 Å². The van der Waals surface area contributed by atoms with E-state index in [1.807, 2.05) is 35.2 Å². The SMILES string of the molecule is O=C(c1c[nH]c2cc(Cl)ccc12)N1CCN(Cc2ccc3c(c2)OCO3)CC1. The zero-order chi connectivity index (χ0) is 19.1. The number of carbonyl (C=O) groups is 1. The number of carbonyl (C=O) groups excluding carboxylic acids is 1. The lowest BCUT2D eigenvalue weighted by Gasteiger charge is -2.34. The van der Waals surface area contributed by atoms with E-state index >= 15 is 0 Å². The van der Waals surface area contributed by atoms with Gasteiger partial charge in [-0.2, -0.15) is 0 Å². The van der Waals surface area contributed by atoms with Crippen molar-refractivity contribution in [2.75, 3.05) is 33.0 Å². The van der Waals surface area contributed by atoms with Gasteiger partial charge in [-0.05, 0) is 29.8 Å². The Kier molecular flexibility index (Phi) is 4.37. The summed E-state index contributed by atoms with van der Waals surface area (Å²) in [5, 5.41) is 1.57. The van der Waals surface area contributed by atoms with Crippen molar-refractivity contribution in [3.8, 4) is 11.5 Å². The molecule has 2 aromatic carbocycles. The van der Waals surface area contributed by atoms with Gasteiger partial charge in [-0.25, -0.2) is 0 Å². The number of halogens is 1. The van der Waals surface area contributed by atoms with Crippen LogP contribution in [0.1, 0.15) is 15.9 Å². The smallest absolute Gasteiger partial charge is 0.256 e. The van der Waals surface area contributed by atoms with E-state index in [1.165, 1.54) is 5.56 Å². The molecule has 3 heterocycles. The number of rotatable bonds is 3. The number of fused-ring (bicyclic) bond motifs is 2. The molecule has 5 rings (SSSR count). The van der Waals surface area contributed by atoms with Gasteiger partial charge in [0.1, 0.15) is 0 Å². The van der Waals surface area contributed by atoms with Gasteiger partial charge in [0.2, 0.25) is 6.79 Å². The molecule has 0 saturated carbocycles. The van der Waals surface area contributed by atoms with Crippen LogP contribution < -0.4 is 9.47 Å². The fraction of sp³-hybridized carbons (Fsp3) is 0.286. The highest BCUT2D eigenvalue weighted by atomic mass is 35.5. The summed E-state index contributed by atoms with van der Waals surface area (Å²) in [7, 11) is 0. The van der Waals surface area contributed by atoms with Gasteiger partial charge < -0.3 is 19.4 Å². The molecule has 2 aliphatic heterocycles. The van der Waals surface area contributed by atoms with Gasteiger partial charge >= 0.3 is 0 Å². The highest BCUT2D eigenvalue weighted by Gasteiger charge is 2.24. The Morgan fingerprint density at radius 1 is 1.04 bits per heavy atom. The number of hydrogen-bond donors (Lipinski definition) is 1. The topological polar surface area (TPSA) is 57.8 Å². The van der Waals surface area contributed by atoms with Crippen molar-refractivity contribution < 1.29 is 14.3 Å². The van der Waals surface area contributed by atoms with Crippen LogP contribution in [-0.4, -0.2) is 53.7 Å². The zero-order valence-corrected chi connectivity index (χ0v) is 16.0. The molecule has 0 spiro atoms. The van der Waals surface area contributed by atoms with Crippen LogP contribution in [0.5, 0.6) is 11.5 Å². The van der Waals surface area contributed by atoms with Crippen LogP contribution in [0.2, 0.25) is 5.02 Å². The summed E-state index contributed by atoms with van der Waals surface area (Å²) in [6, 6.07) is 11.6. The van der Waals surface area contributed by atoms with Crippen molar-refractivity contribution in [1.82, 2.24) is 14.8 Å². The number of hydrogen-bond acceptors (Lipinski definition) is 4. The number of ether oxygens (including phenoxy) is 2. The normalized spacial score (nSPS) is 16.7. The molecule has 1 amide bonds. The molecule has 1 N–H and O–H groups in total. The fourth-order valence-corrected chi connectivity index (χ4v) is 4.02. The van der Waals surface area contributed by atoms with E-state index in [9.17, 15) is 4.79 Å². The highest BCUT2D eigenvalue weighted by molar-refractivity contribution is 6.31. The first-order valence-electron chi connectivity index (χ1n) is 9.34. The standard InChI is InChI=1S/C21H20ClN3O3/c22-15-2-3-16-17(11-23-18(16)10-15)21(26)25-7-5-24(6-8-25)12-14-1-4-19-20(9-14)28-13-27-19/h1-4,9-11,23H,5-8,12-13H2. The Labute approximate surface area is 167 Å². The van der Waals surface area contributed by atoms with Crippen LogP contribution in [-0.2, 0) is 6.54 Å². The number of aromatic nitrogens is 1. The Morgan fingerprint density at radius 3 is 2.71 bits per heavy atom. The predicted octanol–water partition coefficient (Wildman–Crippen LogP) is 3.51. The average Bonchev–Trinajstić information content (AvgIpc) is 3.34. The van der Waals surface area contributed by atoms with Crippen molar-refractivity contribution in [3.63, 3.8) is 0 Å². The second kappa shape index (κ2) is 7.04. The molecular weight excluding hydrogens is 378 g/mol. The van der Waals surface area contributed by atoms with Crippen molar-refractivity contribution in [2.24, 2.45) is 0 Å². The molecule has 1 aromatic heterocycles. The average molecular weight is 398 g/mol. The van der Waals surface area contributed by atoms with E-state index in [-0.39, 0.29) is 5.91 Å². The lowest BCUT2D eigenvalue weighted by molar-refractivity contribution is 0.0630. The van der Waals surface area contributed by atoms with Crippen LogP contribution in [0.25, 0.3) is 10.9 Å². The van der Waals surface area contributed by atoms with E-state index in [0.29, 0.717) is 30.5 Å². The number of nitrogens with zero attached hydrogens (tertiary/aromatic N) is 2. The first-order chi connectivity index (χ1) is 13.7. The molecule has 6 nitrogen and oxygen atoms in total. The summed E-state index contributed by atoms with van der Waals surface area (Å²) in [6.45, 7) is 4.24. The van der Waals surface area contributed by atoms with Gasteiger partial charge in [0, 0.05) is 54.8 Å². The van der Waals surface area contributed by atoms with Crippen LogP contribution in [0.4, 0.5) is 0 Å². The molecule has 0 aliphatic carbocycles. The van der Waals surface area contributed by atoms with Gasteiger partial charge in [0.05, 0.1) is 5.56 Å². The molecule has 0 radical (unpaired) electrons. The Bertz CT molecular complexity index is 1040. The molecule has 3 aromatic rings. The largest absolute Gasteiger partial charge is 0.454 e. The molecule has 2 aliphatic rings. The third-order valence-corrected chi connectivity index (χ3v) is 5.61. The van der Waals surface area contributed by atoms with E-state index in [1.54, 1.807) is 6.20 Å². The maximum atomic E-state index is 13.0. The van der Waals surface area contributed by atoms with Crippen LogP contribution >= 0.6 is 11.6 Å². The number of aromatic amines is 1. The van der Waals surface area contributed by atoms with E-state index in [4.69, 9.17) is 21.1 Å². The lowest BCUT2D eigenvalue weighted by Crippen LogP contribution is -2.48. The van der Waals surface area contributed by atoms with Gasteiger partial charge in [0.25, 0.3) is 5.91 Å². The zero-order valence-electron chi connectivity index (χ0n) is 15.3. The van der Waals surface area contributed by atoms with Gasteiger partial charge in [-0.3, -0.25) is 9.69 Å². The third-order valence-electron chi connectivity index (χ3n) is 5.38. The lowest BCUT2D eigenvalue weighted by atomic mass is 10.1. The summed E-state index contributed by atoms with van der Waals surface area (Å²) in [4.78, 5) is 20.4. The minimum absolute atomic E-state index is 0.0660. The number of benzene rings is 2. The maximum Gasteiger partial charge on any atom is 0.256 e. The van der Waals surface area contributed by atoms with Crippen LogP contribution in [0.3, 0.4) is 0 Å². The number of amides is 1. The van der Waals surface area contributed by atoms with E-state index in [2.05, 4.69) is 16.0 Å². The van der Waals surface area contributed by atoms with Crippen molar-refractivity contribution in [1.29, 1.82) is 0 Å². The van der Waals surface area contributed by atoms with Crippen molar-refractivity contribution in [2.45, 2.75) is 6.54 Å². The predicted molar refractivity (Wildman–Crippen MR) is 107 cm³/mol. The maximum absolute atomic E-state index is 13.0. The number of piperazine rings is 1. The van der Waals surface area contributed by atoms with E-state index < -0.39 is 0 Å². The second-order valence-electron chi connectivity index (χ2n) is 7.15.